The molecule has 0 spiro atoms. The molecule has 0 fully saturated rings. The molecule has 172 valence electrons. The molecule has 8 aromatic rings. The average molecular weight is 503 g/mol. The Labute approximate surface area is 213 Å². The molecule has 0 saturated heterocycles. The lowest BCUT2D eigenvalue weighted by atomic mass is 10.0. The Morgan fingerprint density at radius 2 is 1.17 bits per heavy atom. The number of nitrogens with zero attached hydrogens (tertiary/aromatic N) is 2. The number of halogens is 1. The van der Waals surface area contributed by atoms with E-state index in [9.17, 15) is 4.21 Å². The van der Waals surface area contributed by atoms with Gasteiger partial charge in [-0.1, -0.05) is 78.3 Å². The molecular weight excluding hydrogens is 484 g/mol. The summed E-state index contributed by atoms with van der Waals surface area (Å²) in [5.74, 6) is 0. The van der Waals surface area contributed by atoms with Crippen LogP contribution >= 0.6 is 11.6 Å². The summed E-state index contributed by atoms with van der Waals surface area (Å²) in [5.41, 5.74) is 9.07. The summed E-state index contributed by atoms with van der Waals surface area (Å²) in [5, 5.41) is 5.47. The predicted molar refractivity (Wildman–Crippen MR) is 152 cm³/mol. The fourth-order valence-electron chi connectivity index (χ4n) is 6.12. The lowest BCUT2D eigenvalue weighted by Gasteiger charge is -2.14. The molecule has 0 aliphatic rings. The first-order valence-electron chi connectivity index (χ1n) is 11.9. The quantitative estimate of drug-likeness (QED) is 0.218. The van der Waals surface area contributed by atoms with Gasteiger partial charge in [-0.05, 0) is 30.3 Å². The van der Waals surface area contributed by atoms with E-state index in [1.165, 1.54) is 43.6 Å². The minimum Gasteiger partial charge on any atom is -0.305 e. The monoisotopic (exact) mass is 502 g/mol. The van der Waals surface area contributed by atoms with Crippen LogP contribution in [0.2, 0.25) is 5.02 Å². The Balaban J connectivity index is 1.70. The molecule has 0 aliphatic carbocycles. The van der Waals surface area contributed by atoms with Crippen molar-refractivity contribution in [2.24, 2.45) is 0 Å². The maximum absolute atomic E-state index is 12.8. The first kappa shape index (κ1) is 20.3. The van der Waals surface area contributed by atoms with Crippen LogP contribution in [0.3, 0.4) is 0 Å². The number of benzene rings is 5. The molecule has 0 radical (unpaired) electrons. The van der Waals surface area contributed by atoms with Gasteiger partial charge in [0.1, 0.15) is 0 Å². The number of hydrogen-bond acceptors (Lipinski definition) is 1. The first-order chi connectivity index (χ1) is 17.6. The number of hydrogen-bond donors (Lipinski definition) is 0. The SMILES string of the molecule is CS(=O)c1cc(Cl)ccc1-c1cccc2c3cccc4c3n(c3cccc5c6ccccc6n4c53)c12. The number of para-hydroxylation sites is 4. The van der Waals surface area contributed by atoms with E-state index in [0.717, 1.165) is 27.1 Å². The van der Waals surface area contributed by atoms with Gasteiger partial charge >= 0.3 is 0 Å². The average Bonchev–Trinajstić information content (AvgIpc) is 3.42. The van der Waals surface area contributed by atoms with Crippen LogP contribution in [0.25, 0.3) is 65.8 Å². The van der Waals surface area contributed by atoms with Gasteiger partial charge in [0.2, 0.25) is 0 Å². The van der Waals surface area contributed by atoms with E-state index in [1.807, 2.05) is 18.2 Å². The molecule has 0 aliphatic heterocycles. The zero-order valence-corrected chi connectivity index (χ0v) is 20.9. The van der Waals surface area contributed by atoms with Crippen LogP contribution in [-0.2, 0) is 10.8 Å². The van der Waals surface area contributed by atoms with Crippen LogP contribution in [0, 0.1) is 0 Å². The van der Waals surface area contributed by atoms with Crippen molar-refractivity contribution in [2.45, 2.75) is 4.90 Å². The van der Waals surface area contributed by atoms with Crippen LogP contribution < -0.4 is 0 Å². The third-order valence-electron chi connectivity index (χ3n) is 7.49. The molecule has 0 N–H and O–H groups in total. The molecule has 1 unspecified atom stereocenters. The van der Waals surface area contributed by atoms with Crippen LogP contribution in [-0.4, -0.2) is 19.3 Å². The summed E-state index contributed by atoms with van der Waals surface area (Å²) in [6, 6.07) is 33.9. The molecule has 8 rings (SSSR count). The van der Waals surface area contributed by atoms with Crippen molar-refractivity contribution in [3.63, 3.8) is 0 Å². The van der Waals surface area contributed by atoms with Crippen molar-refractivity contribution in [3.8, 4) is 11.1 Å². The van der Waals surface area contributed by atoms with Crippen LogP contribution in [0.1, 0.15) is 0 Å². The van der Waals surface area contributed by atoms with Crippen molar-refractivity contribution in [3.05, 3.63) is 102 Å². The molecule has 0 bridgehead atoms. The van der Waals surface area contributed by atoms with Gasteiger partial charge in [0.05, 0.1) is 43.9 Å². The molecule has 0 amide bonds. The topological polar surface area (TPSA) is 25.9 Å². The fourth-order valence-corrected chi connectivity index (χ4v) is 7.14. The minimum absolute atomic E-state index is 0.592. The van der Waals surface area contributed by atoms with E-state index in [2.05, 4.69) is 87.7 Å². The zero-order chi connectivity index (χ0) is 24.1. The number of rotatable bonds is 2. The van der Waals surface area contributed by atoms with Crippen LogP contribution in [0.4, 0.5) is 0 Å². The highest BCUT2D eigenvalue weighted by Crippen LogP contribution is 2.43. The third kappa shape index (κ3) is 2.45. The van der Waals surface area contributed by atoms with E-state index in [4.69, 9.17) is 11.6 Å². The van der Waals surface area contributed by atoms with Crippen molar-refractivity contribution in [1.82, 2.24) is 8.80 Å². The molecule has 3 nitrogen and oxygen atoms in total. The maximum atomic E-state index is 12.8. The van der Waals surface area contributed by atoms with Crippen molar-refractivity contribution in [1.29, 1.82) is 0 Å². The molecule has 36 heavy (non-hydrogen) atoms. The molecule has 1 atom stereocenters. The van der Waals surface area contributed by atoms with Gasteiger partial charge in [0, 0.05) is 48.8 Å². The summed E-state index contributed by atoms with van der Waals surface area (Å²) in [6.45, 7) is 0. The largest absolute Gasteiger partial charge is 0.305 e. The number of fused-ring (bicyclic) bond motifs is 8. The maximum Gasteiger partial charge on any atom is 0.0783 e. The Morgan fingerprint density at radius 1 is 0.583 bits per heavy atom. The van der Waals surface area contributed by atoms with E-state index in [0.29, 0.717) is 5.02 Å². The lowest BCUT2D eigenvalue weighted by Crippen LogP contribution is -1.98. The minimum atomic E-state index is -1.18. The van der Waals surface area contributed by atoms with Crippen molar-refractivity contribution >= 4 is 77.0 Å². The Hall–Kier alpha value is -3.86. The van der Waals surface area contributed by atoms with Gasteiger partial charge in [-0.2, -0.15) is 0 Å². The number of aromatic nitrogens is 2. The summed E-state index contributed by atoms with van der Waals surface area (Å²) < 4.78 is 17.6. The Bertz CT molecular complexity index is 2200. The summed E-state index contributed by atoms with van der Waals surface area (Å²) in [4.78, 5) is 0.747. The van der Waals surface area contributed by atoms with Crippen molar-refractivity contribution < 1.29 is 4.21 Å². The van der Waals surface area contributed by atoms with Gasteiger partial charge in [0.25, 0.3) is 0 Å². The third-order valence-corrected chi connectivity index (χ3v) is 8.68. The fraction of sp³-hybridized carbons (Fsp3) is 0.0323. The van der Waals surface area contributed by atoms with Crippen molar-refractivity contribution in [2.75, 3.05) is 6.26 Å². The lowest BCUT2D eigenvalue weighted by molar-refractivity contribution is 0.687. The van der Waals surface area contributed by atoms with Crippen LogP contribution in [0.5, 0.6) is 0 Å². The normalized spacial score (nSPS) is 13.3. The molecule has 3 aromatic heterocycles. The van der Waals surface area contributed by atoms with E-state index in [-0.39, 0.29) is 0 Å². The summed E-state index contributed by atoms with van der Waals surface area (Å²) in [6.07, 6.45) is 1.71. The Kier molecular flexibility index (Phi) is 4.01. The summed E-state index contributed by atoms with van der Waals surface area (Å²) >= 11 is 6.33. The van der Waals surface area contributed by atoms with Gasteiger partial charge in [0.15, 0.2) is 0 Å². The molecular formula is C31H19ClN2OS. The van der Waals surface area contributed by atoms with Gasteiger partial charge in [-0.25, -0.2) is 0 Å². The van der Waals surface area contributed by atoms with E-state index < -0.39 is 10.8 Å². The standard InChI is InChI=1S/C31H19ClN2OS/c1-36(35)28-17-18(32)15-16-20(28)22-8-4-9-23-24-11-6-13-26-31(24)34(29(22)23)27-14-5-10-21-19-7-2-3-12-25(19)33(26)30(21)27/h2-17H,1H3. The van der Waals surface area contributed by atoms with Crippen LogP contribution in [0.15, 0.2) is 102 Å². The van der Waals surface area contributed by atoms with Gasteiger partial charge in [-0.3, -0.25) is 4.21 Å². The molecule has 5 aromatic carbocycles. The highest BCUT2D eigenvalue weighted by molar-refractivity contribution is 7.84. The summed E-state index contributed by atoms with van der Waals surface area (Å²) in [7, 11) is -1.18. The highest BCUT2D eigenvalue weighted by atomic mass is 35.5. The highest BCUT2D eigenvalue weighted by Gasteiger charge is 2.22. The smallest absolute Gasteiger partial charge is 0.0783 e. The van der Waals surface area contributed by atoms with E-state index >= 15 is 0 Å². The second kappa shape index (κ2) is 7.10. The zero-order valence-electron chi connectivity index (χ0n) is 19.3. The molecule has 0 saturated carbocycles. The predicted octanol–water partition coefficient (Wildman–Crippen LogP) is 8.30. The second-order valence-electron chi connectivity index (χ2n) is 9.33. The van der Waals surface area contributed by atoms with E-state index in [1.54, 1.807) is 6.26 Å². The molecule has 5 heteroatoms. The van der Waals surface area contributed by atoms with Gasteiger partial charge in [-0.15, -0.1) is 0 Å². The van der Waals surface area contributed by atoms with Gasteiger partial charge < -0.3 is 8.80 Å². The second-order valence-corrected chi connectivity index (χ2v) is 11.1. The Morgan fingerprint density at radius 3 is 1.94 bits per heavy atom. The first-order valence-corrected chi connectivity index (χ1v) is 13.8. The molecule has 3 heterocycles.